The van der Waals surface area contributed by atoms with Gasteiger partial charge < -0.3 is 15.0 Å². The summed E-state index contributed by atoms with van der Waals surface area (Å²) in [7, 11) is 1.60. The van der Waals surface area contributed by atoms with E-state index in [1.54, 1.807) is 18.9 Å². The van der Waals surface area contributed by atoms with Crippen LogP contribution in [0.1, 0.15) is 25.8 Å². The van der Waals surface area contributed by atoms with E-state index >= 15 is 0 Å². The van der Waals surface area contributed by atoms with Gasteiger partial charge in [-0.25, -0.2) is 0 Å². The predicted molar refractivity (Wildman–Crippen MR) is 82.9 cm³/mol. The summed E-state index contributed by atoms with van der Waals surface area (Å²) in [4.78, 5) is 25.9. The Hall–Kier alpha value is -1.56. The number of amides is 2. The molecule has 114 valence electrons. The predicted octanol–water partition coefficient (Wildman–Crippen LogP) is 2.08. The van der Waals surface area contributed by atoms with Gasteiger partial charge in [-0.1, -0.05) is 13.0 Å². The summed E-state index contributed by atoms with van der Waals surface area (Å²) in [6, 6.07) is 5.64. The molecule has 2 amide bonds. The number of ether oxygens (including phenoxy) is 1. The third kappa shape index (κ3) is 3.20. The Kier molecular flexibility index (Phi) is 4.56. The van der Waals surface area contributed by atoms with Crippen LogP contribution in [-0.2, 0) is 16.1 Å². The van der Waals surface area contributed by atoms with Crippen LogP contribution in [0.25, 0.3) is 0 Å². The molecule has 1 aliphatic rings. The zero-order valence-electron chi connectivity index (χ0n) is 12.4. The van der Waals surface area contributed by atoms with Crippen LogP contribution in [0.3, 0.4) is 0 Å². The normalized spacial score (nSPS) is 22.2. The van der Waals surface area contributed by atoms with Gasteiger partial charge in [-0.05, 0) is 47.0 Å². The molecule has 2 rings (SSSR count). The average molecular weight is 355 g/mol. The lowest BCUT2D eigenvalue weighted by Gasteiger charge is -2.39. The van der Waals surface area contributed by atoms with Crippen molar-refractivity contribution in [3.05, 3.63) is 28.2 Å². The number of methoxy groups -OCH3 is 1. The van der Waals surface area contributed by atoms with Crippen molar-refractivity contribution in [2.75, 3.05) is 13.7 Å². The molecule has 1 N–H and O–H groups in total. The van der Waals surface area contributed by atoms with E-state index in [4.69, 9.17) is 4.74 Å². The number of hydrogen-bond acceptors (Lipinski definition) is 3. The Balaban J connectivity index is 2.20. The van der Waals surface area contributed by atoms with E-state index in [-0.39, 0.29) is 18.4 Å². The number of halogens is 1. The van der Waals surface area contributed by atoms with Gasteiger partial charge in [-0.3, -0.25) is 9.59 Å². The van der Waals surface area contributed by atoms with Crippen molar-refractivity contribution in [2.45, 2.75) is 32.4 Å². The first-order valence-electron chi connectivity index (χ1n) is 6.82. The van der Waals surface area contributed by atoms with Gasteiger partial charge in [0.2, 0.25) is 11.8 Å². The minimum absolute atomic E-state index is 0.0449. The molecule has 1 saturated heterocycles. The highest BCUT2D eigenvalue weighted by molar-refractivity contribution is 9.10. The zero-order valence-corrected chi connectivity index (χ0v) is 14.0. The Morgan fingerprint density at radius 3 is 2.71 bits per heavy atom. The maximum atomic E-state index is 12.5. The maximum Gasteiger partial charge on any atom is 0.248 e. The highest BCUT2D eigenvalue weighted by Crippen LogP contribution is 2.27. The lowest BCUT2D eigenvalue weighted by atomic mass is 9.94. The molecule has 0 saturated carbocycles. The molecule has 1 aromatic carbocycles. The second-order valence-corrected chi connectivity index (χ2v) is 6.22. The summed E-state index contributed by atoms with van der Waals surface area (Å²) in [6.45, 7) is 4.16. The van der Waals surface area contributed by atoms with Crippen LogP contribution in [0.4, 0.5) is 0 Å². The number of nitrogens with one attached hydrogen (secondary N) is 1. The number of hydrogen-bond donors (Lipinski definition) is 1. The van der Waals surface area contributed by atoms with Crippen molar-refractivity contribution in [3.8, 4) is 5.75 Å². The fraction of sp³-hybridized carbons (Fsp3) is 0.467. The van der Waals surface area contributed by atoms with E-state index in [9.17, 15) is 9.59 Å². The molecule has 0 radical (unpaired) electrons. The highest BCUT2D eigenvalue weighted by atomic mass is 79.9. The van der Waals surface area contributed by atoms with Crippen LogP contribution in [-0.4, -0.2) is 35.9 Å². The second kappa shape index (κ2) is 6.05. The summed E-state index contributed by atoms with van der Waals surface area (Å²) in [5.41, 5.74) is 0.142. The molecule has 21 heavy (non-hydrogen) atoms. The summed E-state index contributed by atoms with van der Waals surface area (Å²) in [5, 5.41) is 2.78. The molecule has 1 aliphatic heterocycles. The lowest BCUT2D eigenvalue weighted by molar-refractivity contribution is -0.149. The van der Waals surface area contributed by atoms with E-state index in [1.165, 1.54) is 0 Å². The fourth-order valence-corrected chi connectivity index (χ4v) is 2.98. The minimum atomic E-state index is -0.807. The van der Waals surface area contributed by atoms with E-state index < -0.39 is 5.54 Å². The molecule has 1 heterocycles. The Morgan fingerprint density at radius 1 is 1.43 bits per heavy atom. The van der Waals surface area contributed by atoms with Crippen LogP contribution >= 0.6 is 15.9 Å². The van der Waals surface area contributed by atoms with Gasteiger partial charge in [0.05, 0.1) is 18.1 Å². The maximum absolute atomic E-state index is 12.5. The van der Waals surface area contributed by atoms with E-state index in [0.717, 1.165) is 15.8 Å². The average Bonchev–Trinajstić information content (AvgIpc) is 2.44. The molecule has 6 heteroatoms. The van der Waals surface area contributed by atoms with Gasteiger partial charge >= 0.3 is 0 Å². The summed E-state index contributed by atoms with van der Waals surface area (Å²) >= 11 is 3.43. The van der Waals surface area contributed by atoms with Gasteiger partial charge in [0.15, 0.2) is 0 Å². The number of benzene rings is 1. The molecule has 1 unspecified atom stereocenters. The quantitative estimate of drug-likeness (QED) is 0.900. The second-order valence-electron chi connectivity index (χ2n) is 5.36. The summed E-state index contributed by atoms with van der Waals surface area (Å²) in [6.07, 6.45) is 0.570. The van der Waals surface area contributed by atoms with E-state index in [2.05, 4.69) is 21.2 Å². The fourth-order valence-electron chi connectivity index (χ4n) is 2.39. The van der Waals surface area contributed by atoms with E-state index in [1.807, 2.05) is 25.1 Å². The van der Waals surface area contributed by atoms with Gasteiger partial charge in [0.1, 0.15) is 11.3 Å². The summed E-state index contributed by atoms with van der Waals surface area (Å²) in [5.74, 6) is 0.572. The molecule has 0 bridgehead atoms. The molecular weight excluding hydrogens is 336 g/mol. The van der Waals surface area contributed by atoms with Gasteiger partial charge in [-0.15, -0.1) is 0 Å². The standard InChI is InChI=1S/C15H19BrN2O3/c1-4-15(2)14(20)18(9-13(19)17-15)8-10-5-6-12(21-3)11(16)7-10/h5-7H,4,8-9H2,1-3H3,(H,17,19). The first-order chi connectivity index (χ1) is 9.89. The number of nitrogens with zero attached hydrogens (tertiary/aromatic N) is 1. The van der Waals surface area contributed by atoms with Crippen molar-refractivity contribution in [2.24, 2.45) is 0 Å². The molecule has 0 aromatic heterocycles. The lowest BCUT2D eigenvalue weighted by Crippen LogP contribution is -2.64. The third-order valence-corrected chi connectivity index (χ3v) is 4.43. The van der Waals surface area contributed by atoms with Gasteiger partial charge in [0, 0.05) is 6.54 Å². The molecule has 1 atom stereocenters. The summed E-state index contributed by atoms with van der Waals surface area (Å²) < 4.78 is 6.02. The number of piperazine rings is 1. The van der Waals surface area contributed by atoms with Crippen molar-refractivity contribution < 1.29 is 14.3 Å². The monoisotopic (exact) mass is 354 g/mol. The molecular formula is C15H19BrN2O3. The first kappa shape index (κ1) is 15.8. The SMILES string of the molecule is CCC1(C)NC(=O)CN(Cc2ccc(OC)c(Br)c2)C1=O. The molecule has 1 fully saturated rings. The van der Waals surface area contributed by atoms with E-state index in [0.29, 0.717) is 13.0 Å². The third-order valence-electron chi connectivity index (χ3n) is 3.81. The van der Waals surface area contributed by atoms with Crippen LogP contribution in [0, 0.1) is 0 Å². The van der Waals surface area contributed by atoms with Gasteiger partial charge in [0.25, 0.3) is 0 Å². The Bertz CT molecular complexity index is 576. The smallest absolute Gasteiger partial charge is 0.248 e. The van der Waals surface area contributed by atoms with Crippen LogP contribution in [0.15, 0.2) is 22.7 Å². The minimum Gasteiger partial charge on any atom is -0.496 e. The number of carbonyl (C=O) groups excluding carboxylic acids is 2. The molecule has 1 aromatic rings. The zero-order chi connectivity index (χ0) is 15.6. The Morgan fingerprint density at radius 2 is 2.14 bits per heavy atom. The van der Waals surface area contributed by atoms with Crippen molar-refractivity contribution in [3.63, 3.8) is 0 Å². The van der Waals surface area contributed by atoms with Crippen molar-refractivity contribution in [1.82, 2.24) is 10.2 Å². The molecule has 0 aliphatic carbocycles. The van der Waals surface area contributed by atoms with Crippen LogP contribution in [0.5, 0.6) is 5.75 Å². The van der Waals surface area contributed by atoms with Crippen LogP contribution in [0.2, 0.25) is 0 Å². The first-order valence-corrected chi connectivity index (χ1v) is 7.61. The van der Waals surface area contributed by atoms with Crippen molar-refractivity contribution >= 4 is 27.7 Å². The largest absolute Gasteiger partial charge is 0.496 e. The highest BCUT2D eigenvalue weighted by Gasteiger charge is 2.41. The Labute approximate surface area is 132 Å². The van der Waals surface area contributed by atoms with Crippen LogP contribution < -0.4 is 10.1 Å². The topological polar surface area (TPSA) is 58.6 Å². The number of carbonyl (C=O) groups is 2. The molecule has 5 nitrogen and oxygen atoms in total. The van der Waals surface area contributed by atoms with Crippen molar-refractivity contribution in [1.29, 1.82) is 0 Å². The van der Waals surface area contributed by atoms with Gasteiger partial charge in [-0.2, -0.15) is 0 Å². The number of rotatable bonds is 4. The molecule has 0 spiro atoms.